The predicted octanol–water partition coefficient (Wildman–Crippen LogP) is 7.04. The molecule has 3 rings (SSSR count). The Bertz CT molecular complexity index is 1240. The highest BCUT2D eigenvalue weighted by Crippen LogP contribution is 2.27. The third-order valence-electron chi connectivity index (χ3n) is 5.03. The Kier molecular flexibility index (Phi) is 7.58. The number of halogens is 2. The second kappa shape index (κ2) is 10.4. The first kappa shape index (κ1) is 23.4. The number of anilines is 1. The third kappa shape index (κ3) is 5.91. The van der Waals surface area contributed by atoms with Crippen molar-refractivity contribution in [3.8, 4) is 11.8 Å². The van der Waals surface area contributed by atoms with Crippen molar-refractivity contribution in [1.82, 2.24) is 0 Å². The molecule has 0 radical (unpaired) electrons. The first-order chi connectivity index (χ1) is 15.3. The average molecular weight is 465 g/mol. The average Bonchev–Trinajstić information content (AvgIpc) is 2.76. The van der Waals surface area contributed by atoms with Crippen LogP contribution in [-0.2, 0) is 11.4 Å². The van der Waals surface area contributed by atoms with Crippen LogP contribution in [0.1, 0.15) is 27.8 Å². The fourth-order valence-electron chi connectivity index (χ4n) is 2.99. The first-order valence-electron chi connectivity index (χ1n) is 9.94. The molecule has 0 saturated heterocycles. The van der Waals surface area contributed by atoms with Crippen LogP contribution in [0.25, 0.3) is 6.08 Å². The topological polar surface area (TPSA) is 62.1 Å². The molecule has 32 heavy (non-hydrogen) atoms. The summed E-state index contributed by atoms with van der Waals surface area (Å²) in [7, 11) is 0. The molecule has 0 heterocycles. The van der Waals surface area contributed by atoms with Gasteiger partial charge in [0, 0.05) is 21.3 Å². The van der Waals surface area contributed by atoms with Crippen molar-refractivity contribution >= 4 is 40.9 Å². The Hall–Kier alpha value is -3.26. The van der Waals surface area contributed by atoms with Crippen LogP contribution in [0.5, 0.6) is 5.75 Å². The van der Waals surface area contributed by atoms with Crippen molar-refractivity contribution in [2.45, 2.75) is 27.4 Å². The Balaban J connectivity index is 1.83. The fourth-order valence-corrected chi connectivity index (χ4v) is 3.35. The fraction of sp³-hybridized carbons (Fsp3) is 0.154. The lowest BCUT2D eigenvalue weighted by Gasteiger charge is -2.12. The first-order valence-corrected chi connectivity index (χ1v) is 10.7. The summed E-state index contributed by atoms with van der Waals surface area (Å²) >= 11 is 12.3. The SMILES string of the molecule is Cc1ccc(COc2ccc(Cl)cc2/C=C(\C#N)C(=O)Nc2ccc(C)c(Cl)c2)cc1C. The van der Waals surface area contributed by atoms with E-state index in [1.807, 2.05) is 32.0 Å². The van der Waals surface area contributed by atoms with Gasteiger partial charge in [-0.15, -0.1) is 0 Å². The van der Waals surface area contributed by atoms with Crippen LogP contribution in [0.15, 0.2) is 60.2 Å². The monoisotopic (exact) mass is 464 g/mol. The Labute approximate surface area is 198 Å². The van der Waals surface area contributed by atoms with E-state index in [0.29, 0.717) is 33.7 Å². The number of carbonyl (C=O) groups is 1. The zero-order valence-corrected chi connectivity index (χ0v) is 19.5. The second-order valence-corrected chi connectivity index (χ2v) is 8.32. The number of aryl methyl sites for hydroxylation is 3. The lowest BCUT2D eigenvalue weighted by molar-refractivity contribution is -0.112. The Morgan fingerprint density at radius 3 is 2.44 bits per heavy atom. The van der Waals surface area contributed by atoms with Gasteiger partial charge in [-0.1, -0.05) is 47.5 Å². The van der Waals surface area contributed by atoms with Gasteiger partial charge >= 0.3 is 0 Å². The summed E-state index contributed by atoms with van der Waals surface area (Å²) in [6.07, 6.45) is 1.47. The summed E-state index contributed by atoms with van der Waals surface area (Å²) < 4.78 is 5.98. The van der Waals surface area contributed by atoms with Gasteiger partial charge in [-0.05, 0) is 79.4 Å². The molecule has 0 unspecified atom stereocenters. The van der Waals surface area contributed by atoms with E-state index < -0.39 is 5.91 Å². The van der Waals surface area contributed by atoms with Crippen molar-refractivity contribution in [3.63, 3.8) is 0 Å². The highest BCUT2D eigenvalue weighted by molar-refractivity contribution is 6.31. The van der Waals surface area contributed by atoms with Gasteiger partial charge in [-0.3, -0.25) is 4.79 Å². The number of rotatable bonds is 6. The number of hydrogen-bond donors (Lipinski definition) is 1. The third-order valence-corrected chi connectivity index (χ3v) is 5.67. The summed E-state index contributed by atoms with van der Waals surface area (Å²) in [6.45, 7) is 6.32. The van der Waals surface area contributed by atoms with Crippen LogP contribution in [0.4, 0.5) is 5.69 Å². The van der Waals surface area contributed by atoms with Crippen molar-refractivity contribution < 1.29 is 9.53 Å². The molecule has 1 N–H and O–H groups in total. The van der Waals surface area contributed by atoms with Crippen LogP contribution in [0, 0.1) is 32.1 Å². The van der Waals surface area contributed by atoms with E-state index in [4.69, 9.17) is 27.9 Å². The number of benzene rings is 3. The minimum absolute atomic E-state index is 0.0833. The van der Waals surface area contributed by atoms with Gasteiger partial charge in [-0.2, -0.15) is 5.26 Å². The van der Waals surface area contributed by atoms with Crippen molar-refractivity contribution in [2.24, 2.45) is 0 Å². The van der Waals surface area contributed by atoms with Gasteiger partial charge in [0.05, 0.1) is 0 Å². The maximum absolute atomic E-state index is 12.7. The summed E-state index contributed by atoms with van der Waals surface area (Å²) in [5.41, 5.74) is 5.27. The molecular weight excluding hydrogens is 443 g/mol. The maximum atomic E-state index is 12.7. The van der Waals surface area contributed by atoms with E-state index in [9.17, 15) is 10.1 Å². The lowest BCUT2D eigenvalue weighted by Crippen LogP contribution is -2.13. The summed E-state index contributed by atoms with van der Waals surface area (Å²) in [5.74, 6) is -0.0286. The number of carbonyl (C=O) groups excluding carboxylic acids is 1. The lowest BCUT2D eigenvalue weighted by atomic mass is 10.1. The normalized spacial score (nSPS) is 11.1. The molecule has 0 fully saturated rings. The van der Waals surface area contributed by atoms with Crippen LogP contribution >= 0.6 is 23.2 Å². The van der Waals surface area contributed by atoms with Gasteiger partial charge in [0.15, 0.2) is 0 Å². The summed E-state index contributed by atoms with van der Waals surface area (Å²) in [6, 6.07) is 18.3. The minimum atomic E-state index is -0.549. The van der Waals surface area contributed by atoms with Gasteiger partial charge in [0.2, 0.25) is 0 Å². The molecule has 162 valence electrons. The van der Waals surface area contributed by atoms with Crippen LogP contribution in [0.3, 0.4) is 0 Å². The number of ether oxygens (including phenoxy) is 1. The largest absolute Gasteiger partial charge is 0.488 e. The zero-order valence-electron chi connectivity index (χ0n) is 18.0. The van der Waals surface area contributed by atoms with Crippen LogP contribution in [0.2, 0.25) is 10.0 Å². The smallest absolute Gasteiger partial charge is 0.266 e. The Morgan fingerprint density at radius 2 is 1.75 bits per heavy atom. The van der Waals surface area contributed by atoms with E-state index >= 15 is 0 Å². The number of nitrogens with zero attached hydrogens (tertiary/aromatic N) is 1. The number of nitriles is 1. The molecule has 1 amide bonds. The highest BCUT2D eigenvalue weighted by atomic mass is 35.5. The molecule has 3 aromatic rings. The van der Waals surface area contributed by atoms with E-state index in [1.54, 1.807) is 36.4 Å². The van der Waals surface area contributed by atoms with E-state index in [2.05, 4.69) is 18.3 Å². The minimum Gasteiger partial charge on any atom is -0.488 e. The molecule has 3 aromatic carbocycles. The quantitative estimate of drug-likeness (QED) is 0.314. The van der Waals surface area contributed by atoms with E-state index in [1.165, 1.54) is 17.2 Å². The second-order valence-electron chi connectivity index (χ2n) is 7.48. The van der Waals surface area contributed by atoms with E-state index in [0.717, 1.165) is 11.1 Å². The summed E-state index contributed by atoms with van der Waals surface area (Å²) in [4.78, 5) is 12.7. The van der Waals surface area contributed by atoms with Crippen molar-refractivity contribution in [2.75, 3.05) is 5.32 Å². The van der Waals surface area contributed by atoms with Gasteiger partial charge < -0.3 is 10.1 Å². The van der Waals surface area contributed by atoms with Gasteiger partial charge in [-0.25, -0.2) is 0 Å². The van der Waals surface area contributed by atoms with Crippen molar-refractivity contribution in [3.05, 3.63) is 98.0 Å². The molecule has 4 nitrogen and oxygen atoms in total. The molecule has 0 atom stereocenters. The molecule has 0 aliphatic heterocycles. The Morgan fingerprint density at radius 1 is 1.00 bits per heavy atom. The molecule has 0 aliphatic carbocycles. The number of hydrogen-bond acceptors (Lipinski definition) is 3. The molecule has 0 spiro atoms. The van der Waals surface area contributed by atoms with Crippen molar-refractivity contribution in [1.29, 1.82) is 5.26 Å². The summed E-state index contributed by atoms with van der Waals surface area (Å²) in [5, 5.41) is 13.3. The highest BCUT2D eigenvalue weighted by Gasteiger charge is 2.13. The van der Waals surface area contributed by atoms with Crippen LogP contribution < -0.4 is 10.1 Å². The maximum Gasteiger partial charge on any atom is 0.266 e. The van der Waals surface area contributed by atoms with Gasteiger partial charge in [0.1, 0.15) is 24.0 Å². The van der Waals surface area contributed by atoms with E-state index in [-0.39, 0.29) is 5.57 Å². The van der Waals surface area contributed by atoms with Gasteiger partial charge in [0.25, 0.3) is 5.91 Å². The molecule has 0 bridgehead atoms. The zero-order chi connectivity index (χ0) is 23.3. The van der Waals surface area contributed by atoms with Crippen LogP contribution in [-0.4, -0.2) is 5.91 Å². The molecule has 6 heteroatoms. The standard InChI is InChI=1S/C26H22Cl2N2O2/c1-16-4-6-19(10-18(16)3)15-32-25-9-7-22(27)12-20(25)11-21(14-29)26(31)30-23-8-5-17(2)24(28)13-23/h4-13H,15H2,1-3H3,(H,30,31)/b21-11+. The molecule has 0 aliphatic rings. The number of amides is 1. The molecule has 0 aromatic heterocycles. The number of nitrogens with one attached hydrogen (secondary N) is 1. The predicted molar refractivity (Wildman–Crippen MR) is 130 cm³/mol. The molecule has 0 saturated carbocycles. The molecular formula is C26H22Cl2N2O2.